The van der Waals surface area contributed by atoms with Crippen LogP contribution in [0.15, 0.2) is 24.3 Å². The Kier molecular flexibility index (Phi) is 6.33. The van der Waals surface area contributed by atoms with Gasteiger partial charge < -0.3 is 9.64 Å². The molecule has 2 rings (SSSR count). The van der Waals surface area contributed by atoms with E-state index in [-0.39, 0.29) is 5.97 Å². The SMILES string of the molecule is CCCCOC(=O)CN1CCN(c2cccc(Cl)c2)CC1. The maximum atomic E-state index is 11.7. The molecule has 0 amide bonds. The average Bonchev–Trinajstić information content (AvgIpc) is 2.48. The summed E-state index contributed by atoms with van der Waals surface area (Å²) in [5.41, 5.74) is 1.15. The molecule has 0 N–H and O–H groups in total. The van der Waals surface area contributed by atoms with Gasteiger partial charge in [0.05, 0.1) is 13.2 Å². The van der Waals surface area contributed by atoms with Gasteiger partial charge >= 0.3 is 5.97 Å². The van der Waals surface area contributed by atoms with Crippen molar-refractivity contribution in [3.63, 3.8) is 0 Å². The molecule has 0 saturated carbocycles. The van der Waals surface area contributed by atoms with Crippen molar-refractivity contribution in [1.82, 2.24) is 4.90 Å². The molecule has 116 valence electrons. The molecule has 0 aliphatic carbocycles. The number of hydrogen-bond acceptors (Lipinski definition) is 4. The zero-order valence-corrected chi connectivity index (χ0v) is 13.3. The molecular formula is C16H23ClN2O2. The predicted molar refractivity (Wildman–Crippen MR) is 86.0 cm³/mol. The van der Waals surface area contributed by atoms with Crippen LogP contribution >= 0.6 is 11.6 Å². The predicted octanol–water partition coefficient (Wildman–Crippen LogP) is 2.81. The van der Waals surface area contributed by atoms with Crippen LogP contribution in [0.3, 0.4) is 0 Å². The summed E-state index contributed by atoms with van der Waals surface area (Å²) in [5.74, 6) is -0.111. The van der Waals surface area contributed by atoms with E-state index in [1.54, 1.807) is 0 Å². The van der Waals surface area contributed by atoms with Gasteiger partial charge in [-0.25, -0.2) is 0 Å². The van der Waals surface area contributed by atoms with Crippen molar-refractivity contribution < 1.29 is 9.53 Å². The van der Waals surface area contributed by atoms with E-state index < -0.39 is 0 Å². The summed E-state index contributed by atoms with van der Waals surface area (Å²) in [7, 11) is 0. The number of rotatable bonds is 6. The highest BCUT2D eigenvalue weighted by Crippen LogP contribution is 2.20. The van der Waals surface area contributed by atoms with E-state index >= 15 is 0 Å². The minimum atomic E-state index is -0.111. The van der Waals surface area contributed by atoms with Crippen molar-refractivity contribution in [2.45, 2.75) is 19.8 Å². The number of ether oxygens (including phenoxy) is 1. The third-order valence-electron chi connectivity index (χ3n) is 3.66. The number of carbonyl (C=O) groups is 1. The number of unbranched alkanes of at least 4 members (excludes halogenated alkanes) is 1. The van der Waals surface area contributed by atoms with Gasteiger partial charge in [0.2, 0.25) is 0 Å². The Morgan fingerprint density at radius 3 is 2.71 bits per heavy atom. The summed E-state index contributed by atoms with van der Waals surface area (Å²) < 4.78 is 5.20. The van der Waals surface area contributed by atoms with Gasteiger partial charge in [-0.3, -0.25) is 9.69 Å². The van der Waals surface area contributed by atoms with Gasteiger partial charge in [0.15, 0.2) is 0 Å². The van der Waals surface area contributed by atoms with Gasteiger partial charge in [-0.05, 0) is 24.6 Å². The van der Waals surface area contributed by atoms with Crippen molar-refractivity contribution in [3.05, 3.63) is 29.3 Å². The molecule has 1 aromatic rings. The first-order chi connectivity index (χ1) is 10.2. The average molecular weight is 311 g/mol. The minimum Gasteiger partial charge on any atom is -0.465 e. The first-order valence-corrected chi connectivity index (χ1v) is 7.95. The number of benzene rings is 1. The third kappa shape index (κ3) is 5.21. The topological polar surface area (TPSA) is 32.8 Å². The molecule has 1 saturated heterocycles. The van der Waals surface area contributed by atoms with Gasteiger partial charge in [-0.1, -0.05) is 31.0 Å². The van der Waals surface area contributed by atoms with E-state index in [9.17, 15) is 4.79 Å². The maximum absolute atomic E-state index is 11.7. The van der Waals surface area contributed by atoms with Crippen LogP contribution in [-0.2, 0) is 9.53 Å². The van der Waals surface area contributed by atoms with Crippen molar-refractivity contribution in [3.8, 4) is 0 Å². The highest BCUT2D eigenvalue weighted by molar-refractivity contribution is 6.30. The first-order valence-electron chi connectivity index (χ1n) is 7.57. The van der Waals surface area contributed by atoms with E-state index in [0.717, 1.165) is 49.7 Å². The van der Waals surface area contributed by atoms with Gasteiger partial charge in [-0.15, -0.1) is 0 Å². The van der Waals surface area contributed by atoms with Crippen LogP contribution in [0.2, 0.25) is 5.02 Å². The maximum Gasteiger partial charge on any atom is 0.320 e. The second-order valence-corrected chi connectivity index (χ2v) is 5.75. The summed E-state index contributed by atoms with van der Waals surface area (Å²) in [6, 6.07) is 7.90. The summed E-state index contributed by atoms with van der Waals surface area (Å²) in [6.07, 6.45) is 1.99. The molecular weight excluding hydrogens is 288 g/mol. The van der Waals surface area contributed by atoms with Crippen molar-refractivity contribution >= 4 is 23.3 Å². The second-order valence-electron chi connectivity index (χ2n) is 5.32. The summed E-state index contributed by atoms with van der Waals surface area (Å²) in [5, 5.41) is 0.759. The van der Waals surface area contributed by atoms with Gasteiger partial charge in [0.25, 0.3) is 0 Å². The molecule has 0 bridgehead atoms. The van der Waals surface area contributed by atoms with Crippen molar-refractivity contribution in [2.75, 3.05) is 44.2 Å². The van der Waals surface area contributed by atoms with Crippen molar-refractivity contribution in [1.29, 1.82) is 0 Å². The highest BCUT2D eigenvalue weighted by Gasteiger charge is 2.19. The lowest BCUT2D eigenvalue weighted by Gasteiger charge is -2.35. The molecule has 0 unspecified atom stereocenters. The molecule has 1 aromatic carbocycles. The van der Waals surface area contributed by atoms with Crippen LogP contribution in [-0.4, -0.2) is 50.2 Å². The quantitative estimate of drug-likeness (QED) is 0.597. The number of piperazine rings is 1. The van der Waals surface area contributed by atoms with E-state index in [1.807, 2.05) is 18.2 Å². The molecule has 0 spiro atoms. The molecule has 1 heterocycles. The summed E-state index contributed by atoms with van der Waals surface area (Å²) >= 11 is 6.02. The second kappa shape index (κ2) is 8.25. The molecule has 0 radical (unpaired) electrons. The summed E-state index contributed by atoms with van der Waals surface area (Å²) in [4.78, 5) is 16.1. The number of carbonyl (C=O) groups excluding carboxylic acids is 1. The van der Waals surface area contributed by atoms with Crippen LogP contribution in [0.1, 0.15) is 19.8 Å². The standard InChI is InChI=1S/C16H23ClN2O2/c1-2-3-11-21-16(20)13-18-7-9-19(10-8-18)15-6-4-5-14(17)12-15/h4-6,12H,2-3,7-11,13H2,1H3. The minimum absolute atomic E-state index is 0.111. The Labute approximate surface area is 131 Å². The van der Waals surface area contributed by atoms with Crippen LogP contribution in [0, 0.1) is 0 Å². The molecule has 5 heteroatoms. The first kappa shape index (κ1) is 16.1. The number of hydrogen-bond donors (Lipinski definition) is 0. The smallest absolute Gasteiger partial charge is 0.320 e. The Hall–Kier alpha value is -1.26. The number of nitrogens with zero attached hydrogens (tertiary/aromatic N) is 2. The highest BCUT2D eigenvalue weighted by atomic mass is 35.5. The van der Waals surface area contributed by atoms with E-state index in [4.69, 9.17) is 16.3 Å². The zero-order valence-electron chi connectivity index (χ0n) is 12.6. The molecule has 1 aliphatic rings. The Morgan fingerprint density at radius 1 is 1.29 bits per heavy atom. The number of halogens is 1. The Balaban J connectivity index is 1.74. The molecule has 1 aliphatic heterocycles. The molecule has 1 fully saturated rings. The van der Waals surface area contributed by atoms with Crippen molar-refractivity contribution in [2.24, 2.45) is 0 Å². The molecule has 21 heavy (non-hydrogen) atoms. The zero-order chi connectivity index (χ0) is 15.1. The monoisotopic (exact) mass is 310 g/mol. The normalized spacial score (nSPS) is 16.0. The lowest BCUT2D eigenvalue weighted by atomic mass is 10.2. The van der Waals surface area contributed by atoms with Gasteiger partial charge in [-0.2, -0.15) is 0 Å². The fraction of sp³-hybridized carbons (Fsp3) is 0.562. The Bertz CT molecular complexity index is 459. The summed E-state index contributed by atoms with van der Waals surface area (Å²) in [6.45, 7) is 6.57. The molecule has 0 atom stereocenters. The Morgan fingerprint density at radius 2 is 2.05 bits per heavy atom. The third-order valence-corrected chi connectivity index (χ3v) is 3.89. The lowest BCUT2D eigenvalue weighted by molar-refractivity contribution is -0.145. The van der Waals surface area contributed by atoms with E-state index in [1.165, 1.54) is 0 Å². The molecule has 0 aromatic heterocycles. The number of anilines is 1. The fourth-order valence-corrected chi connectivity index (χ4v) is 2.58. The van der Waals surface area contributed by atoms with Crippen LogP contribution in [0.4, 0.5) is 5.69 Å². The van der Waals surface area contributed by atoms with Gasteiger partial charge in [0.1, 0.15) is 0 Å². The van der Waals surface area contributed by atoms with E-state index in [0.29, 0.717) is 13.2 Å². The largest absolute Gasteiger partial charge is 0.465 e. The lowest BCUT2D eigenvalue weighted by Crippen LogP contribution is -2.48. The van der Waals surface area contributed by atoms with Crippen LogP contribution < -0.4 is 4.90 Å². The fourth-order valence-electron chi connectivity index (χ4n) is 2.40. The number of esters is 1. The van der Waals surface area contributed by atoms with E-state index in [2.05, 4.69) is 22.8 Å². The molecule has 4 nitrogen and oxygen atoms in total. The van der Waals surface area contributed by atoms with Gasteiger partial charge in [0, 0.05) is 36.9 Å². The van der Waals surface area contributed by atoms with Crippen LogP contribution in [0.25, 0.3) is 0 Å². The van der Waals surface area contributed by atoms with Crippen LogP contribution in [0.5, 0.6) is 0 Å².